The molecule has 1 saturated heterocycles. The van der Waals surface area contributed by atoms with Gasteiger partial charge in [0.05, 0.1) is 6.04 Å². The molecule has 0 aromatic carbocycles. The number of nitrogens with zero attached hydrogens (tertiary/aromatic N) is 4. The van der Waals surface area contributed by atoms with E-state index in [9.17, 15) is 14.9 Å². The van der Waals surface area contributed by atoms with E-state index >= 15 is 0 Å². The first kappa shape index (κ1) is 17.2. The number of nitrogens with one attached hydrogen (secondary N) is 2. The van der Waals surface area contributed by atoms with E-state index in [1.807, 2.05) is 9.80 Å². The number of carbonyl (C=O) groups is 2. The fraction of sp³-hybridized carbons (Fsp3) is 0.625. The molecule has 2 N–H and O–H groups in total. The number of rotatable bonds is 4. The van der Waals surface area contributed by atoms with Gasteiger partial charge in [-0.1, -0.05) is 0 Å². The minimum absolute atomic E-state index is 0.332. The van der Waals surface area contributed by atoms with Gasteiger partial charge in [-0.3, -0.25) is 15.0 Å². The third-order valence-electron chi connectivity index (χ3n) is 4.65. The molecule has 9 heteroatoms. The topological polar surface area (TPSA) is 114 Å². The predicted molar refractivity (Wildman–Crippen MR) is 89.0 cm³/mol. The Hall–Kier alpha value is -2.60. The zero-order valence-corrected chi connectivity index (χ0v) is 14.4. The second-order valence-electron chi connectivity index (χ2n) is 6.36. The first-order valence-corrected chi connectivity index (χ1v) is 8.46. The third-order valence-corrected chi connectivity index (χ3v) is 4.65. The van der Waals surface area contributed by atoms with Crippen molar-refractivity contribution in [3.8, 4) is 6.07 Å². The second kappa shape index (κ2) is 7.11. The summed E-state index contributed by atoms with van der Waals surface area (Å²) in [4.78, 5) is 31.6. The molecular weight excluding hydrogens is 324 g/mol. The molecule has 1 atom stereocenters. The van der Waals surface area contributed by atoms with E-state index in [2.05, 4.69) is 21.7 Å². The van der Waals surface area contributed by atoms with Crippen LogP contribution in [0.5, 0.6) is 0 Å². The van der Waals surface area contributed by atoms with Gasteiger partial charge in [0.2, 0.25) is 23.4 Å². The van der Waals surface area contributed by atoms with E-state index in [0.717, 1.165) is 12.8 Å². The Labute approximate surface area is 146 Å². The molecule has 2 heterocycles. The number of imide groups is 1. The first-order chi connectivity index (χ1) is 12.0. The van der Waals surface area contributed by atoms with Crippen LogP contribution in [0.3, 0.4) is 0 Å². The Morgan fingerprint density at radius 3 is 2.56 bits per heavy atom. The number of nitriles is 1. The highest BCUT2D eigenvalue weighted by Gasteiger charge is 2.33. The van der Waals surface area contributed by atoms with Crippen molar-refractivity contribution < 1.29 is 14.0 Å². The molecule has 3 rings (SSSR count). The summed E-state index contributed by atoms with van der Waals surface area (Å²) >= 11 is 0. The van der Waals surface area contributed by atoms with E-state index < -0.39 is 12.1 Å². The maximum absolute atomic E-state index is 12.0. The predicted octanol–water partition coefficient (Wildman–Crippen LogP) is 0.390. The molecule has 1 aromatic rings. The third kappa shape index (κ3) is 3.74. The lowest BCUT2D eigenvalue weighted by atomic mass is 10.2. The molecule has 25 heavy (non-hydrogen) atoms. The maximum atomic E-state index is 12.0. The van der Waals surface area contributed by atoms with Crippen LogP contribution in [0.4, 0.5) is 10.7 Å². The lowest BCUT2D eigenvalue weighted by Crippen LogP contribution is -2.55. The summed E-state index contributed by atoms with van der Waals surface area (Å²) < 4.78 is 5.82. The van der Waals surface area contributed by atoms with Crippen LogP contribution >= 0.6 is 0 Å². The molecule has 0 spiro atoms. The van der Waals surface area contributed by atoms with Crippen molar-refractivity contribution in [3.63, 3.8) is 0 Å². The number of oxazole rings is 1. The number of aromatic nitrogens is 1. The quantitative estimate of drug-likeness (QED) is 0.810. The van der Waals surface area contributed by atoms with Crippen LogP contribution in [0, 0.1) is 11.3 Å². The minimum Gasteiger partial charge on any atom is -0.423 e. The largest absolute Gasteiger partial charge is 0.423 e. The number of hydrogen-bond donors (Lipinski definition) is 2. The van der Waals surface area contributed by atoms with Crippen molar-refractivity contribution in [1.82, 2.24) is 20.5 Å². The zero-order chi connectivity index (χ0) is 18.0. The Morgan fingerprint density at radius 1 is 1.32 bits per heavy atom. The van der Waals surface area contributed by atoms with Gasteiger partial charge in [0, 0.05) is 39.1 Å². The molecule has 3 amide bonds. The van der Waals surface area contributed by atoms with Crippen LogP contribution in [-0.4, -0.2) is 61.1 Å². The average molecular weight is 346 g/mol. The van der Waals surface area contributed by atoms with E-state index in [1.54, 1.807) is 6.92 Å². The van der Waals surface area contributed by atoms with Crippen LogP contribution < -0.4 is 15.5 Å². The van der Waals surface area contributed by atoms with E-state index in [4.69, 9.17) is 4.42 Å². The molecule has 1 unspecified atom stereocenters. The molecular formula is C16H22N6O3. The number of carbonyl (C=O) groups excluding carboxylic acids is 2. The van der Waals surface area contributed by atoms with Gasteiger partial charge in [-0.15, -0.1) is 0 Å². The first-order valence-electron chi connectivity index (χ1n) is 8.46. The number of piperazine rings is 1. The molecule has 134 valence electrons. The number of hydrogen-bond acceptors (Lipinski definition) is 7. The molecule has 1 aliphatic carbocycles. The number of amides is 3. The summed E-state index contributed by atoms with van der Waals surface area (Å²) in [5.41, 5.74) is 0.334. The second-order valence-corrected chi connectivity index (χ2v) is 6.36. The Bertz CT molecular complexity index is 697. The minimum atomic E-state index is -0.511. The summed E-state index contributed by atoms with van der Waals surface area (Å²) in [5, 5.41) is 13.9. The zero-order valence-electron chi connectivity index (χ0n) is 14.4. The van der Waals surface area contributed by atoms with E-state index in [-0.39, 0.29) is 5.91 Å². The lowest BCUT2D eigenvalue weighted by molar-refractivity contribution is -0.124. The van der Waals surface area contributed by atoms with Gasteiger partial charge in [-0.05, 0) is 19.8 Å². The van der Waals surface area contributed by atoms with Gasteiger partial charge < -0.3 is 14.6 Å². The Balaban J connectivity index is 1.59. The number of urea groups is 1. The summed E-state index contributed by atoms with van der Waals surface area (Å²) in [6, 6.07) is 1.19. The molecule has 1 aliphatic heterocycles. The molecule has 2 fully saturated rings. The number of anilines is 1. The fourth-order valence-electron chi connectivity index (χ4n) is 2.88. The van der Waals surface area contributed by atoms with Crippen molar-refractivity contribution in [2.75, 3.05) is 38.1 Å². The lowest BCUT2D eigenvalue weighted by Gasteiger charge is -2.37. The van der Waals surface area contributed by atoms with Gasteiger partial charge in [0.1, 0.15) is 6.07 Å². The summed E-state index contributed by atoms with van der Waals surface area (Å²) in [6.45, 7) is 4.30. The van der Waals surface area contributed by atoms with Crippen LogP contribution in [0.15, 0.2) is 4.42 Å². The van der Waals surface area contributed by atoms with Crippen molar-refractivity contribution in [1.29, 1.82) is 5.26 Å². The highest BCUT2D eigenvalue weighted by atomic mass is 16.4. The van der Waals surface area contributed by atoms with Crippen LogP contribution in [0.1, 0.15) is 37.3 Å². The smallest absolute Gasteiger partial charge is 0.321 e. The Kier molecular flexibility index (Phi) is 4.90. The van der Waals surface area contributed by atoms with Crippen molar-refractivity contribution in [2.45, 2.75) is 31.7 Å². The van der Waals surface area contributed by atoms with Crippen LogP contribution in [-0.2, 0) is 4.79 Å². The van der Waals surface area contributed by atoms with E-state index in [1.165, 1.54) is 7.05 Å². The average Bonchev–Trinajstić information content (AvgIpc) is 3.40. The van der Waals surface area contributed by atoms with Gasteiger partial charge in [0.15, 0.2) is 0 Å². The standard InChI is InChI=1S/C16H22N6O3/c1-10(13(23)20-16(24)18-2)21-5-7-22(8-6-21)15-12(9-17)19-14(25-15)11-3-4-11/h10-11H,3-8H2,1-2H3,(H2,18,20,23,24). The van der Waals surface area contributed by atoms with Gasteiger partial charge in [-0.25, -0.2) is 9.78 Å². The Morgan fingerprint density at radius 2 is 2.00 bits per heavy atom. The van der Waals surface area contributed by atoms with Gasteiger partial charge in [-0.2, -0.15) is 5.26 Å². The normalized spacial score (nSPS) is 19.2. The SMILES string of the molecule is CNC(=O)NC(=O)C(C)N1CCN(c2oc(C3CC3)nc2C#N)CC1. The molecule has 9 nitrogen and oxygen atoms in total. The van der Waals surface area contributed by atoms with Crippen molar-refractivity contribution in [2.24, 2.45) is 0 Å². The van der Waals surface area contributed by atoms with Crippen LogP contribution in [0.25, 0.3) is 0 Å². The summed E-state index contributed by atoms with van der Waals surface area (Å²) in [7, 11) is 1.46. The highest BCUT2D eigenvalue weighted by molar-refractivity contribution is 5.96. The molecule has 1 saturated carbocycles. The monoisotopic (exact) mass is 346 g/mol. The summed E-state index contributed by atoms with van der Waals surface area (Å²) in [5.74, 6) is 1.22. The maximum Gasteiger partial charge on any atom is 0.321 e. The molecule has 0 radical (unpaired) electrons. The van der Waals surface area contributed by atoms with Gasteiger partial charge >= 0.3 is 6.03 Å². The van der Waals surface area contributed by atoms with Crippen molar-refractivity contribution in [3.05, 3.63) is 11.6 Å². The highest BCUT2D eigenvalue weighted by Crippen LogP contribution is 2.41. The van der Waals surface area contributed by atoms with Crippen LogP contribution in [0.2, 0.25) is 0 Å². The molecule has 2 aliphatic rings. The van der Waals surface area contributed by atoms with Gasteiger partial charge in [0.25, 0.3) is 0 Å². The summed E-state index contributed by atoms with van der Waals surface area (Å²) in [6.07, 6.45) is 2.13. The fourth-order valence-corrected chi connectivity index (χ4v) is 2.88. The molecule has 0 bridgehead atoms. The van der Waals surface area contributed by atoms with E-state index in [0.29, 0.717) is 49.6 Å². The molecule has 1 aromatic heterocycles. The van der Waals surface area contributed by atoms with Crippen molar-refractivity contribution >= 4 is 17.8 Å².